The third kappa shape index (κ3) is 5.34. The van der Waals surface area contributed by atoms with Crippen molar-refractivity contribution in [3.8, 4) is 23.5 Å². The lowest BCUT2D eigenvalue weighted by atomic mass is 10.5. The van der Waals surface area contributed by atoms with Gasteiger partial charge in [-0.3, -0.25) is 9.13 Å². The zero-order chi connectivity index (χ0) is 18.6. The number of halogens is 2. The van der Waals surface area contributed by atoms with Crippen molar-refractivity contribution in [1.29, 1.82) is 0 Å². The van der Waals surface area contributed by atoms with Gasteiger partial charge >= 0.3 is 0 Å². The first kappa shape index (κ1) is 21.5. The zero-order valence-electron chi connectivity index (χ0n) is 13.0. The quantitative estimate of drug-likeness (QED) is 0.129. The fourth-order valence-electron chi connectivity index (χ4n) is 2.31. The van der Waals surface area contributed by atoms with Crippen LogP contribution in [0.15, 0.2) is 12.1 Å². The van der Waals surface area contributed by atoms with Gasteiger partial charge in [0.1, 0.15) is 7.57 Å². The molecule has 2 rings (SSSR count). The molecule has 7 nitrogen and oxygen atoms in total. The zero-order valence-corrected chi connectivity index (χ0v) is 19.2. The predicted molar refractivity (Wildman–Crippen MR) is 122 cm³/mol. The Balaban J connectivity index is 1.85. The van der Waals surface area contributed by atoms with E-state index in [9.17, 15) is 20.4 Å². The van der Waals surface area contributed by atoms with Gasteiger partial charge in [-0.2, -0.15) is 22.4 Å². The van der Waals surface area contributed by atoms with E-state index in [0.717, 1.165) is 0 Å². The van der Waals surface area contributed by atoms with Crippen LogP contribution in [0.4, 0.5) is 0 Å². The van der Waals surface area contributed by atoms with E-state index in [-0.39, 0.29) is 23.5 Å². The monoisotopic (exact) mass is 604 g/mol. The van der Waals surface area contributed by atoms with Crippen LogP contribution in [0.25, 0.3) is 0 Å². The molecule has 2 aromatic rings. The number of nitrogens with zero attached hydrogens (tertiary/aromatic N) is 2. The predicted octanol–water partition coefficient (Wildman–Crippen LogP) is 1.22. The van der Waals surface area contributed by atoms with Crippen LogP contribution in [0, 0.1) is 0 Å². The summed E-state index contributed by atoms with van der Waals surface area (Å²) in [5.74, 6) is 0.0759. The molecule has 2 aromatic heterocycles. The first-order valence-corrected chi connectivity index (χ1v) is 13.7. The maximum absolute atomic E-state index is 10.1. The molecule has 0 aromatic carbocycles. The van der Waals surface area contributed by atoms with Gasteiger partial charge < -0.3 is 25.7 Å². The Labute approximate surface area is 177 Å². The van der Waals surface area contributed by atoms with Gasteiger partial charge in [-0.05, 0) is 0 Å². The van der Waals surface area contributed by atoms with Gasteiger partial charge in [0.15, 0.2) is 11.8 Å². The maximum atomic E-state index is 10.1. The summed E-state index contributed by atoms with van der Waals surface area (Å²) in [5, 5.41) is 44.3. The summed E-state index contributed by atoms with van der Waals surface area (Å²) in [6, 6.07) is 3.05. The van der Waals surface area contributed by atoms with Crippen LogP contribution in [-0.2, 0) is 13.1 Å². The van der Waals surface area contributed by atoms with Crippen LogP contribution < -0.4 is 15.9 Å². The van der Waals surface area contributed by atoms with Crippen LogP contribution >= 0.6 is 58.3 Å². The lowest BCUT2D eigenvalue weighted by Crippen LogP contribution is -2.24. The number of rotatable bonds is 9. The van der Waals surface area contributed by atoms with Gasteiger partial charge in [-0.25, -0.2) is 0 Å². The van der Waals surface area contributed by atoms with Gasteiger partial charge in [0, 0.05) is 48.9 Å². The number of nitrogens with one attached hydrogen (secondary N) is 1. The van der Waals surface area contributed by atoms with Crippen LogP contribution in [0.1, 0.15) is 0 Å². The average Bonchev–Trinajstić information content (AvgIpc) is 2.98. The Kier molecular flexibility index (Phi) is 8.52. The number of aromatic hydroxyl groups is 4. The lowest BCUT2D eigenvalue weighted by Gasteiger charge is -2.11. The first-order chi connectivity index (χ1) is 11.9. The van der Waals surface area contributed by atoms with Crippen molar-refractivity contribution in [1.82, 2.24) is 14.5 Å². The minimum absolute atomic E-state index is 0.0105. The minimum Gasteiger partial charge on any atom is -0.494 e. The fourth-order valence-corrected chi connectivity index (χ4v) is 5.52. The molecule has 2 atom stereocenters. The molecule has 133 valence electrons. The molecule has 5 N–H and O–H groups in total. The van der Waals surface area contributed by atoms with Crippen molar-refractivity contribution in [2.45, 2.75) is 13.1 Å². The van der Waals surface area contributed by atoms with Crippen molar-refractivity contribution in [3.63, 3.8) is 0 Å². The summed E-state index contributed by atoms with van der Waals surface area (Å²) in [7, 11) is 6.12. The summed E-state index contributed by atoms with van der Waals surface area (Å²) < 4.78 is 2.83. The SMILES string of the molecule is [B]P(I)c1cc(O)n(CCNCCn2c(O)cc(P[B]I)c2O)c1O. The minimum atomic E-state index is -1.01. The van der Waals surface area contributed by atoms with E-state index in [4.69, 9.17) is 7.57 Å². The summed E-state index contributed by atoms with van der Waals surface area (Å²) in [6.45, 7) is 1.79. The summed E-state index contributed by atoms with van der Waals surface area (Å²) >= 11 is 4.13. The molecule has 0 fully saturated rings. The molecule has 0 saturated heterocycles. The third-order valence-electron chi connectivity index (χ3n) is 3.54. The smallest absolute Gasteiger partial charge is 0.235 e. The molecular formula is C12H16B2I2N3O4P2. The first-order valence-electron chi connectivity index (χ1n) is 7.19. The summed E-state index contributed by atoms with van der Waals surface area (Å²) in [4.78, 5) is 1.90. The second-order valence-corrected chi connectivity index (χ2v) is 12.2. The van der Waals surface area contributed by atoms with E-state index in [1.807, 2.05) is 26.9 Å². The Morgan fingerprint density at radius 1 is 1.08 bits per heavy atom. The van der Waals surface area contributed by atoms with Gasteiger partial charge in [0.05, 0.1) is 0 Å². The Morgan fingerprint density at radius 3 is 2.16 bits per heavy atom. The topological polar surface area (TPSA) is 103 Å². The Bertz CT molecular complexity index is 730. The second kappa shape index (κ2) is 9.92. The van der Waals surface area contributed by atoms with E-state index >= 15 is 0 Å². The largest absolute Gasteiger partial charge is 0.494 e. The molecule has 0 saturated carbocycles. The Hall–Kier alpha value is 0.170. The highest BCUT2D eigenvalue weighted by Gasteiger charge is 2.16. The van der Waals surface area contributed by atoms with Crippen molar-refractivity contribution >= 4 is 81.3 Å². The van der Waals surface area contributed by atoms with E-state index in [1.165, 1.54) is 15.2 Å². The molecule has 0 amide bonds. The normalized spacial score (nSPS) is 12.9. The van der Waals surface area contributed by atoms with Gasteiger partial charge in [0.25, 0.3) is 0 Å². The van der Waals surface area contributed by atoms with Gasteiger partial charge in [-0.1, -0.05) is 27.5 Å². The molecule has 25 heavy (non-hydrogen) atoms. The van der Waals surface area contributed by atoms with Crippen molar-refractivity contribution in [2.24, 2.45) is 0 Å². The van der Waals surface area contributed by atoms with E-state index < -0.39 is 5.44 Å². The molecule has 0 aliphatic heterocycles. The molecule has 0 aliphatic rings. The van der Waals surface area contributed by atoms with E-state index in [0.29, 0.717) is 45.2 Å². The standard InChI is InChI=1S/C12H16B2I2N3O4P2/c13-25(16)8-6-10(21)19(12(8)23)4-2-17-1-3-18-9(20)5-7(11(18)22)24-14-15/h5-6,17,20-24H,1-4H2. The molecular weight excluding hydrogens is 588 g/mol. The third-order valence-corrected chi connectivity index (χ3v) is 7.61. The highest BCUT2D eigenvalue weighted by molar-refractivity contribution is 14.2. The highest BCUT2D eigenvalue weighted by atomic mass is 127. The van der Waals surface area contributed by atoms with Gasteiger partial charge in [-0.15, -0.1) is 8.46 Å². The summed E-state index contributed by atoms with van der Waals surface area (Å²) in [6.07, 6.45) is 0. The van der Waals surface area contributed by atoms with Crippen molar-refractivity contribution in [3.05, 3.63) is 12.1 Å². The van der Waals surface area contributed by atoms with Gasteiger partial charge in [0.2, 0.25) is 16.6 Å². The van der Waals surface area contributed by atoms with E-state index in [2.05, 4.69) is 27.7 Å². The molecule has 3 radical (unpaired) electrons. The Morgan fingerprint density at radius 2 is 1.64 bits per heavy atom. The summed E-state index contributed by atoms with van der Waals surface area (Å²) in [5.41, 5.74) is -1.01. The van der Waals surface area contributed by atoms with Crippen LogP contribution in [0.2, 0.25) is 0 Å². The number of hydrogen-bond acceptors (Lipinski definition) is 5. The van der Waals surface area contributed by atoms with Crippen molar-refractivity contribution in [2.75, 3.05) is 13.1 Å². The molecule has 0 bridgehead atoms. The second-order valence-electron chi connectivity index (χ2n) is 5.07. The van der Waals surface area contributed by atoms with Crippen LogP contribution in [0.3, 0.4) is 0 Å². The molecule has 2 unspecified atom stereocenters. The van der Waals surface area contributed by atoms with Crippen LogP contribution in [-0.4, -0.2) is 55.1 Å². The molecule has 0 spiro atoms. The molecule has 13 heteroatoms. The fraction of sp³-hybridized carbons (Fsp3) is 0.333. The number of aromatic nitrogens is 2. The lowest BCUT2D eigenvalue weighted by molar-refractivity contribution is 0.357. The number of hydrogen-bond donors (Lipinski definition) is 5. The van der Waals surface area contributed by atoms with Crippen LogP contribution in [0.5, 0.6) is 23.5 Å². The van der Waals surface area contributed by atoms with E-state index in [1.54, 1.807) is 6.07 Å². The highest BCUT2D eigenvalue weighted by Crippen LogP contribution is 2.42. The molecule has 2 heterocycles. The molecule has 0 aliphatic carbocycles. The maximum Gasteiger partial charge on any atom is 0.235 e. The van der Waals surface area contributed by atoms with Crippen molar-refractivity contribution < 1.29 is 20.4 Å². The average molecular weight is 604 g/mol.